The number of aliphatic imine (C=N–C) groups is 1. The van der Waals surface area contributed by atoms with Crippen molar-refractivity contribution in [2.45, 2.75) is 44.8 Å². The molecule has 1 unspecified atom stereocenters. The van der Waals surface area contributed by atoms with E-state index in [9.17, 15) is 19.2 Å². The van der Waals surface area contributed by atoms with Gasteiger partial charge >= 0.3 is 5.97 Å². The van der Waals surface area contributed by atoms with Crippen LogP contribution in [0.15, 0.2) is 59.9 Å². The first-order valence-electron chi connectivity index (χ1n) is 17.1. The van der Waals surface area contributed by atoms with Crippen molar-refractivity contribution in [1.29, 1.82) is 0 Å². The van der Waals surface area contributed by atoms with Crippen LogP contribution in [0.1, 0.15) is 64.1 Å². The van der Waals surface area contributed by atoms with Gasteiger partial charge in [0.25, 0.3) is 11.8 Å². The molecule has 0 saturated carbocycles. The summed E-state index contributed by atoms with van der Waals surface area (Å²) in [5, 5.41) is 5.56. The number of ether oxygens (including phenoxy) is 3. The summed E-state index contributed by atoms with van der Waals surface area (Å²) in [6.45, 7) is 2.89. The fourth-order valence-electron chi connectivity index (χ4n) is 6.13. The van der Waals surface area contributed by atoms with Crippen molar-refractivity contribution < 1.29 is 33.4 Å². The van der Waals surface area contributed by atoms with E-state index < -0.39 is 18.0 Å². The second kappa shape index (κ2) is 15.5. The summed E-state index contributed by atoms with van der Waals surface area (Å²) < 4.78 is 20.0. The second-order valence-corrected chi connectivity index (χ2v) is 12.8. The number of nitrogens with one attached hydrogen (secondary N) is 2. The van der Waals surface area contributed by atoms with Crippen LogP contribution in [0, 0.1) is 0 Å². The zero-order valence-electron chi connectivity index (χ0n) is 29.5. The van der Waals surface area contributed by atoms with Crippen LogP contribution in [0.2, 0.25) is 0 Å². The van der Waals surface area contributed by atoms with Crippen LogP contribution in [-0.2, 0) is 23.6 Å². The molecule has 4 heterocycles. The summed E-state index contributed by atoms with van der Waals surface area (Å²) in [7, 11) is 4.94. The predicted molar refractivity (Wildman–Crippen MR) is 195 cm³/mol. The highest BCUT2D eigenvalue weighted by Gasteiger charge is 2.32. The Morgan fingerprint density at radius 1 is 1.02 bits per heavy atom. The Bertz CT molecular complexity index is 2020. The number of anilines is 2. The lowest BCUT2D eigenvalue weighted by Gasteiger charge is -2.20. The molecule has 0 radical (unpaired) electrons. The lowest BCUT2D eigenvalue weighted by Crippen LogP contribution is -2.35. The van der Waals surface area contributed by atoms with Crippen molar-refractivity contribution in [2.75, 3.05) is 37.4 Å². The first kappa shape index (κ1) is 35.9. The van der Waals surface area contributed by atoms with Gasteiger partial charge in [-0.1, -0.05) is 12.1 Å². The van der Waals surface area contributed by atoms with Crippen LogP contribution in [0.25, 0.3) is 11.1 Å². The third kappa shape index (κ3) is 7.84. The van der Waals surface area contributed by atoms with Crippen LogP contribution < -0.4 is 25.8 Å². The summed E-state index contributed by atoms with van der Waals surface area (Å²) in [6.07, 6.45) is 7.18. The van der Waals surface area contributed by atoms with Gasteiger partial charge in [0.1, 0.15) is 11.8 Å². The fraction of sp³-hybridized carbons (Fsp3) is 0.351. The monoisotopic (exact) mass is 710 g/mol. The highest BCUT2D eigenvalue weighted by molar-refractivity contribution is 6.04. The summed E-state index contributed by atoms with van der Waals surface area (Å²) in [5.74, 6) is -0.0656. The highest BCUT2D eigenvalue weighted by atomic mass is 16.5. The Labute approximate surface area is 300 Å². The van der Waals surface area contributed by atoms with E-state index in [2.05, 4.69) is 20.6 Å². The topological polar surface area (TPSA) is 184 Å². The van der Waals surface area contributed by atoms with Crippen LogP contribution >= 0.6 is 0 Å². The summed E-state index contributed by atoms with van der Waals surface area (Å²) in [5.41, 5.74) is 9.16. The van der Waals surface area contributed by atoms with Gasteiger partial charge in [-0.05, 0) is 56.0 Å². The van der Waals surface area contributed by atoms with Crippen molar-refractivity contribution in [3.63, 3.8) is 0 Å². The number of amides is 3. The van der Waals surface area contributed by atoms with Gasteiger partial charge in [-0.2, -0.15) is 0 Å². The Morgan fingerprint density at radius 3 is 2.56 bits per heavy atom. The quantitative estimate of drug-likeness (QED) is 0.134. The number of benzene rings is 2. The molecule has 1 saturated heterocycles. The van der Waals surface area contributed by atoms with Gasteiger partial charge in [-0.25, -0.2) is 9.78 Å². The minimum atomic E-state index is -0.455. The lowest BCUT2D eigenvalue weighted by atomic mass is 10.1. The second-order valence-electron chi connectivity index (χ2n) is 12.8. The Kier molecular flexibility index (Phi) is 10.7. The zero-order valence-corrected chi connectivity index (χ0v) is 29.5. The van der Waals surface area contributed by atoms with Gasteiger partial charge in [0.2, 0.25) is 11.7 Å². The third-order valence-corrected chi connectivity index (χ3v) is 8.94. The smallest absolute Gasteiger partial charge is 0.355 e. The highest BCUT2D eigenvalue weighted by Crippen LogP contribution is 2.38. The predicted octanol–water partition coefficient (Wildman–Crippen LogP) is 4.31. The number of methoxy groups -OCH3 is 1. The van der Waals surface area contributed by atoms with E-state index in [-0.39, 0.29) is 49.1 Å². The van der Waals surface area contributed by atoms with Crippen molar-refractivity contribution in [3.05, 3.63) is 71.9 Å². The molecule has 2 aromatic carbocycles. The number of rotatable bonds is 13. The molecule has 15 heteroatoms. The van der Waals surface area contributed by atoms with Crippen molar-refractivity contribution in [1.82, 2.24) is 19.0 Å². The lowest BCUT2D eigenvalue weighted by molar-refractivity contribution is -0.116. The third-order valence-electron chi connectivity index (χ3n) is 8.94. The number of nitrogens with zero attached hydrogens (tertiary/aromatic N) is 5. The molecule has 4 N–H and O–H groups in total. The van der Waals surface area contributed by atoms with Crippen molar-refractivity contribution in [3.8, 4) is 22.6 Å². The minimum absolute atomic E-state index is 0.00105. The van der Waals surface area contributed by atoms with E-state index in [0.29, 0.717) is 47.1 Å². The maximum absolute atomic E-state index is 13.1. The normalized spacial score (nSPS) is 15.4. The average molecular weight is 711 g/mol. The molecular formula is C37H42N8O7. The van der Waals surface area contributed by atoms with E-state index in [4.69, 9.17) is 19.9 Å². The molecule has 0 bridgehead atoms. The Balaban J connectivity index is 0.995. The van der Waals surface area contributed by atoms with E-state index >= 15 is 0 Å². The number of imidazole rings is 1. The standard InChI is InChI=1S/C37H42N8O7/c1-22(18-38)52-37(49)29-15-24(20-43(29)2)23-9-11-25(12-10-23)40-35(47)34-42-32(21-44(34)3)41-33(46)8-6-14-51-31-17-28-27(16-30(31)50-4)36(48)45-13-5-7-26(45)19-39-28/h9-12,15-17,19-22,26H,5-8,13-14,18,38H2,1-4H3,(H,40,47)(H,41,46)/t22?,26-/m0/s1. The van der Waals surface area contributed by atoms with Crippen LogP contribution in [0.5, 0.6) is 11.5 Å². The number of aryl methyl sites for hydroxylation is 2. The summed E-state index contributed by atoms with van der Waals surface area (Å²) in [6, 6.07) is 12.3. The van der Waals surface area contributed by atoms with Gasteiger partial charge in [-0.15, -0.1) is 0 Å². The van der Waals surface area contributed by atoms with E-state index in [1.54, 1.807) is 62.1 Å². The molecule has 15 nitrogen and oxygen atoms in total. The average Bonchev–Trinajstić information content (AvgIpc) is 3.85. The number of fused-ring (bicyclic) bond motifs is 2. The van der Waals surface area contributed by atoms with Gasteiger partial charge in [-0.3, -0.25) is 19.4 Å². The SMILES string of the molecule is COc1cc2c(cc1OCCCC(=O)Nc1cn(C)c(C(=O)Nc3ccc(-c4cc(C(=O)OC(C)CN)n(C)c4)cc3)n1)N=C[C@@H]1CCCN1C2=O. The molecular weight excluding hydrogens is 668 g/mol. The number of carbonyl (C=O) groups is 4. The molecule has 52 heavy (non-hydrogen) atoms. The molecule has 2 atom stereocenters. The largest absolute Gasteiger partial charge is 0.493 e. The molecule has 6 rings (SSSR count). The van der Waals surface area contributed by atoms with Crippen molar-refractivity contribution >= 4 is 47.1 Å². The molecule has 272 valence electrons. The number of esters is 1. The molecule has 4 aromatic rings. The first-order chi connectivity index (χ1) is 25.0. The van der Waals surface area contributed by atoms with E-state index in [1.807, 2.05) is 29.4 Å². The van der Waals surface area contributed by atoms with Gasteiger partial charge in [0.05, 0.1) is 31.0 Å². The fourth-order valence-corrected chi connectivity index (χ4v) is 6.13. The van der Waals surface area contributed by atoms with Crippen molar-refractivity contribution in [2.24, 2.45) is 24.8 Å². The van der Waals surface area contributed by atoms with Crippen LogP contribution in [-0.4, -0.2) is 87.9 Å². The summed E-state index contributed by atoms with van der Waals surface area (Å²) in [4.78, 5) is 62.1. The van der Waals surface area contributed by atoms with E-state index in [0.717, 1.165) is 24.0 Å². The maximum atomic E-state index is 13.1. The molecule has 0 aliphatic carbocycles. The number of hydrogen-bond donors (Lipinski definition) is 3. The maximum Gasteiger partial charge on any atom is 0.355 e. The number of hydrogen-bond acceptors (Lipinski definition) is 10. The molecule has 2 aromatic heterocycles. The zero-order chi connectivity index (χ0) is 36.9. The molecule has 2 aliphatic heterocycles. The van der Waals surface area contributed by atoms with Gasteiger partial charge in [0.15, 0.2) is 17.3 Å². The number of aromatic nitrogens is 3. The summed E-state index contributed by atoms with van der Waals surface area (Å²) >= 11 is 0. The first-order valence-corrected chi connectivity index (χ1v) is 17.1. The molecule has 1 fully saturated rings. The number of carbonyl (C=O) groups excluding carboxylic acids is 4. The molecule has 2 aliphatic rings. The van der Waals surface area contributed by atoms with Crippen LogP contribution in [0.4, 0.5) is 17.2 Å². The Hall–Kier alpha value is -5.96. The molecule has 0 spiro atoms. The van der Waals surface area contributed by atoms with Gasteiger partial charge in [0, 0.05) is 69.5 Å². The molecule has 3 amide bonds. The number of nitrogens with two attached hydrogens (primary N) is 1. The van der Waals surface area contributed by atoms with Crippen LogP contribution in [0.3, 0.4) is 0 Å². The van der Waals surface area contributed by atoms with Gasteiger partial charge < -0.3 is 44.6 Å². The minimum Gasteiger partial charge on any atom is -0.493 e. The Morgan fingerprint density at radius 2 is 1.81 bits per heavy atom. The van der Waals surface area contributed by atoms with E-state index in [1.165, 1.54) is 11.7 Å².